The van der Waals surface area contributed by atoms with Crippen molar-refractivity contribution in [3.8, 4) is 0 Å². The van der Waals surface area contributed by atoms with E-state index in [9.17, 15) is 19.2 Å². The summed E-state index contributed by atoms with van der Waals surface area (Å²) in [6.07, 6.45) is -0.615. The van der Waals surface area contributed by atoms with Crippen molar-refractivity contribution in [2.45, 2.75) is 20.3 Å². The lowest BCUT2D eigenvalue weighted by Crippen LogP contribution is -2.49. The fraction of sp³-hybridized carbons (Fsp3) is 0.429. The molecular formula is C7H12N4O4. The van der Waals surface area contributed by atoms with Gasteiger partial charge in [0.2, 0.25) is 17.7 Å². The van der Waals surface area contributed by atoms with Gasteiger partial charge >= 0.3 is 0 Å². The van der Waals surface area contributed by atoms with Crippen LogP contribution >= 0.6 is 0 Å². The Morgan fingerprint density at radius 1 is 1.20 bits per heavy atom. The van der Waals surface area contributed by atoms with E-state index in [-0.39, 0.29) is 0 Å². The molecule has 0 heterocycles. The summed E-state index contributed by atoms with van der Waals surface area (Å²) in [6, 6.07) is 0. The van der Waals surface area contributed by atoms with Crippen molar-refractivity contribution in [3.63, 3.8) is 0 Å². The van der Waals surface area contributed by atoms with Crippen LogP contribution in [0.3, 0.4) is 0 Å². The molecule has 15 heavy (non-hydrogen) atoms. The van der Waals surface area contributed by atoms with Crippen LogP contribution in [0.4, 0.5) is 0 Å². The number of amides is 4. The van der Waals surface area contributed by atoms with Crippen molar-refractivity contribution in [1.29, 1.82) is 0 Å². The van der Waals surface area contributed by atoms with Crippen LogP contribution in [-0.2, 0) is 19.2 Å². The summed E-state index contributed by atoms with van der Waals surface area (Å²) in [5.41, 5.74) is 3.72. The molecule has 0 fully saturated rings. The lowest BCUT2D eigenvalue weighted by Gasteiger charge is -2.18. The first kappa shape index (κ1) is 13.0. The highest BCUT2D eigenvalue weighted by molar-refractivity contribution is 6.04. The normalized spacial score (nSPS) is 9.00. The molecule has 0 bridgehead atoms. The molecule has 0 aromatic heterocycles. The standard InChI is InChI=1S/C7H12N4O4/c1-4(12)10-11(5(2)13)7(15)3-6(14)9-8/h3,8H2,1-2H3,(H,9,14)(H,10,12). The molecule has 0 spiro atoms. The third-order valence-electron chi connectivity index (χ3n) is 1.31. The van der Waals surface area contributed by atoms with Gasteiger partial charge < -0.3 is 0 Å². The number of nitrogens with zero attached hydrogens (tertiary/aromatic N) is 1. The zero-order chi connectivity index (χ0) is 12.0. The Balaban J connectivity index is 4.49. The van der Waals surface area contributed by atoms with Crippen LogP contribution in [0.5, 0.6) is 0 Å². The van der Waals surface area contributed by atoms with E-state index >= 15 is 0 Å². The SMILES string of the molecule is CC(=O)NN(C(C)=O)C(=O)CC(=O)NN. The lowest BCUT2D eigenvalue weighted by molar-refractivity contribution is -0.152. The summed E-state index contributed by atoms with van der Waals surface area (Å²) >= 11 is 0. The van der Waals surface area contributed by atoms with Crippen molar-refractivity contribution < 1.29 is 19.2 Å². The van der Waals surface area contributed by atoms with Crippen molar-refractivity contribution in [2.75, 3.05) is 0 Å². The predicted molar refractivity (Wildman–Crippen MR) is 48.3 cm³/mol. The van der Waals surface area contributed by atoms with Crippen LogP contribution in [0.2, 0.25) is 0 Å². The minimum Gasteiger partial charge on any atom is -0.294 e. The minimum atomic E-state index is -0.861. The van der Waals surface area contributed by atoms with Gasteiger partial charge in [-0.3, -0.25) is 30.0 Å². The summed E-state index contributed by atoms with van der Waals surface area (Å²) in [4.78, 5) is 43.5. The van der Waals surface area contributed by atoms with Crippen LogP contribution in [0.25, 0.3) is 0 Å². The van der Waals surface area contributed by atoms with Gasteiger partial charge in [-0.05, 0) is 0 Å². The molecule has 0 aliphatic heterocycles. The number of hydrogen-bond donors (Lipinski definition) is 3. The number of carbonyl (C=O) groups excluding carboxylic acids is 4. The third-order valence-corrected chi connectivity index (χ3v) is 1.31. The van der Waals surface area contributed by atoms with Gasteiger partial charge in [0, 0.05) is 13.8 Å². The maximum absolute atomic E-state index is 11.3. The van der Waals surface area contributed by atoms with Crippen LogP contribution < -0.4 is 16.7 Å². The number of nitrogens with one attached hydrogen (secondary N) is 2. The summed E-state index contributed by atoms with van der Waals surface area (Å²) < 4.78 is 0. The molecule has 0 saturated heterocycles. The van der Waals surface area contributed by atoms with E-state index in [0.717, 1.165) is 13.8 Å². The van der Waals surface area contributed by atoms with Gasteiger partial charge in [-0.1, -0.05) is 0 Å². The van der Waals surface area contributed by atoms with Gasteiger partial charge in [-0.15, -0.1) is 0 Å². The second-order valence-corrected chi connectivity index (χ2v) is 2.66. The smallest absolute Gasteiger partial charge is 0.257 e. The molecular weight excluding hydrogens is 204 g/mol. The zero-order valence-corrected chi connectivity index (χ0v) is 8.36. The number of imide groups is 1. The van der Waals surface area contributed by atoms with E-state index in [4.69, 9.17) is 5.84 Å². The Kier molecular flexibility index (Phi) is 4.96. The number of hydrogen-bond acceptors (Lipinski definition) is 5. The van der Waals surface area contributed by atoms with Crippen molar-refractivity contribution in [3.05, 3.63) is 0 Å². The van der Waals surface area contributed by atoms with Crippen molar-refractivity contribution >= 4 is 23.6 Å². The molecule has 0 radical (unpaired) electrons. The van der Waals surface area contributed by atoms with Crippen LogP contribution in [-0.4, -0.2) is 28.6 Å². The van der Waals surface area contributed by atoms with Gasteiger partial charge in [-0.25, -0.2) is 5.84 Å². The van der Waals surface area contributed by atoms with Crippen LogP contribution in [0.1, 0.15) is 20.3 Å². The van der Waals surface area contributed by atoms with Gasteiger partial charge in [0.15, 0.2) is 0 Å². The summed E-state index contributed by atoms with van der Waals surface area (Å²) in [5.74, 6) is 1.86. The average Bonchev–Trinajstić information content (AvgIpc) is 2.12. The second-order valence-electron chi connectivity index (χ2n) is 2.66. The van der Waals surface area contributed by atoms with Crippen LogP contribution in [0, 0.1) is 0 Å². The predicted octanol–water partition coefficient (Wildman–Crippen LogP) is -2.21. The van der Waals surface area contributed by atoms with E-state index in [0.29, 0.717) is 5.01 Å². The molecule has 4 amide bonds. The number of nitrogens with two attached hydrogens (primary N) is 1. The van der Waals surface area contributed by atoms with Crippen molar-refractivity contribution in [2.24, 2.45) is 5.84 Å². The molecule has 0 saturated carbocycles. The van der Waals surface area contributed by atoms with Gasteiger partial charge in [0.1, 0.15) is 6.42 Å². The third kappa shape index (κ3) is 4.72. The number of hydrazine groups is 2. The van der Waals surface area contributed by atoms with E-state index in [2.05, 4.69) is 0 Å². The molecule has 0 rings (SSSR count). The summed E-state index contributed by atoms with van der Waals surface area (Å²) in [5, 5.41) is 0.456. The molecule has 0 aromatic rings. The molecule has 8 nitrogen and oxygen atoms in total. The Hall–Kier alpha value is -1.96. The van der Waals surface area contributed by atoms with E-state index in [1.165, 1.54) is 0 Å². The molecule has 0 atom stereocenters. The molecule has 0 unspecified atom stereocenters. The van der Waals surface area contributed by atoms with Crippen molar-refractivity contribution in [1.82, 2.24) is 15.9 Å². The molecule has 4 N–H and O–H groups in total. The first-order valence-electron chi connectivity index (χ1n) is 3.98. The quantitative estimate of drug-likeness (QED) is 0.209. The van der Waals surface area contributed by atoms with Gasteiger partial charge in [0.25, 0.3) is 5.91 Å². The summed E-state index contributed by atoms with van der Waals surface area (Å²) in [7, 11) is 0. The number of rotatable bonds is 2. The summed E-state index contributed by atoms with van der Waals surface area (Å²) in [6.45, 7) is 2.21. The Morgan fingerprint density at radius 2 is 1.73 bits per heavy atom. The largest absolute Gasteiger partial charge is 0.294 e. The topological polar surface area (TPSA) is 122 Å². The van der Waals surface area contributed by atoms with E-state index in [1.807, 2.05) is 5.43 Å². The highest BCUT2D eigenvalue weighted by Crippen LogP contribution is 1.91. The maximum atomic E-state index is 11.3. The Labute approximate surface area is 85.7 Å². The Morgan fingerprint density at radius 3 is 2.07 bits per heavy atom. The zero-order valence-electron chi connectivity index (χ0n) is 8.36. The fourth-order valence-electron chi connectivity index (χ4n) is 0.742. The van der Waals surface area contributed by atoms with E-state index in [1.54, 1.807) is 5.43 Å². The Bertz CT molecular complexity index is 301. The molecule has 0 aliphatic rings. The van der Waals surface area contributed by atoms with E-state index < -0.39 is 30.0 Å². The second kappa shape index (κ2) is 5.70. The first-order valence-corrected chi connectivity index (χ1v) is 3.98. The fourth-order valence-corrected chi connectivity index (χ4v) is 0.742. The van der Waals surface area contributed by atoms with Gasteiger partial charge in [-0.2, -0.15) is 5.01 Å². The highest BCUT2D eigenvalue weighted by Gasteiger charge is 2.21. The lowest BCUT2D eigenvalue weighted by atomic mass is 10.3. The minimum absolute atomic E-state index is 0.456. The molecule has 84 valence electrons. The van der Waals surface area contributed by atoms with Crippen LogP contribution in [0.15, 0.2) is 0 Å². The monoisotopic (exact) mass is 216 g/mol. The first-order chi connectivity index (χ1) is 6.88. The molecule has 0 aliphatic carbocycles. The molecule has 8 heteroatoms. The maximum Gasteiger partial charge on any atom is 0.257 e. The number of carbonyl (C=O) groups is 4. The highest BCUT2D eigenvalue weighted by atomic mass is 16.2. The average molecular weight is 216 g/mol. The van der Waals surface area contributed by atoms with Gasteiger partial charge in [0.05, 0.1) is 0 Å². The molecule has 0 aromatic carbocycles.